The first-order valence-corrected chi connectivity index (χ1v) is 7.71. The molecule has 29 heavy (non-hydrogen) atoms. The number of alkyl halides is 8. The number of esters is 1. The van der Waals surface area contributed by atoms with E-state index in [2.05, 4.69) is 4.74 Å². The zero-order valence-electron chi connectivity index (χ0n) is 14.3. The molecule has 0 aromatic heterocycles. The topological polar surface area (TPSA) is 63.7 Å². The second-order valence-corrected chi connectivity index (χ2v) is 5.62. The molecule has 0 saturated heterocycles. The molecule has 0 aliphatic carbocycles. The van der Waals surface area contributed by atoms with E-state index in [-0.39, 0.29) is 6.42 Å². The summed E-state index contributed by atoms with van der Waals surface area (Å²) in [4.78, 5) is 34.3. The van der Waals surface area contributed by atoms with Crippen LogP contribution in [0.15, 0.2) is 30.3 Å². The highest BCUT2D eigenvalue weighted by Gasteiger charge is 2.65. The lowest BCUT2D eigenvalue weighted by Gasteiger charge is -2.26. The van der Waals surface area contributed by atoms with Gasteiger partial charge in [0.05, 0.1) is 0 Å². The van der Waals surface area contributed by atoms with Crippen molar-refractivity contribution < 1.29 is 54.2 Å². The fraction of sp³-hybridized carbons (Fsp3) is 0.438. The molecule has 162 valence electrons. The minimum absolute atomic E-state index is 0.196. The van der Waals surface area contributed by atoms with Crippen LogP contribution in [0.5, 0.6) is 0 Å². The van der Waals surface area contributed by atoms with Crippen molar-refractivity contribution in [1.82, 2.24) is 4.90 Å². The number of ether oxygens (including phenoxy) is 1. The summed E-state index contributed by atoms with van der Waals surface area (Å²) in [5, 5.41) is 0. The van der Waals surface area contributed by atoms with E-state index >= 15 is 0 Å². The number of carbonyl (C=O) groups excluding carboxylic acids is 3. The lowest BCUT2D eigenvalue weighted by molar-refractivity contribution is -0.273. The highest BCUT2D eigenvalue weighted by Crippen LogP contribution is 2.37. The molecule has 0 spiro atoms. The molecule has 1 aromatic carbocycles. The minimum atomic E-state index is -6.39. The lowest BCUT2D eigenvalue weighted by atomic mass is 10.1. The molecule has 0 aliphatic heterocycles. The molecule has 0 radical (unpaired) electrons. The number of rotatable bonds is 7. The van der Waals surface area contributed by atoms with Crippen molar-refractivity contribution in [2.75, 3.05) is 13.2 Å². The van der Waals surface area contributed by atoms with Crippen LogP contribution in [0, 0.1) is 0 Å². The molecular weight excluding hydrogens is 422 g/mol. The van der Waals surface area contributed by atoms with E-state index in [0.717, 1.165) is 0 Å². The maximum absolute atomic E-state index is 13.3. The number of hydrogen-bond donors (Lipinski definition) is 0. The van der Waals surface area contributed by atoms with Crippen molar-refractivity contribution in [2.24, 2.45) is 0 Å². The van der Waals surface area contributed by atoms with Gasteiger partial charge in [-0.15, -0.1) is 0 Å². The molecule has 0 atom stereocenters. The Hall–Kier alpha value is -2.73. The summed E-state index contributed by atoms with van der Waals surface area (Å²) in [5.74, 6) is -12.7. The van der Waals surface area contributed by atoms with Gasteiger partial charge < -0.3 is 4.74 Å². The molecular formula is C16H13F8NO4. The van der Waals surface area contributed by atoms with Gasteiger partial charge >= 0.3 is 30.2 Å². The van der Waals surface area contributed by atoms with Crippen LogP contribution in [0.2, 0.25) is 0 Å². The van der Waals surface area contributed by atoms with E-state index in [1.54, 1.807) is 6.07 Å². The minimum Gasteiger partial charge on any atom is -0.455 e. The Kier molecular flexibility index (Phi) is 7.69. The predicted molar refractivity (Wildman–Crippen MR) is 79.5 cm³/mol. The highest BCUT2D eigenvalue weighted by molar-refractivity contribution is 6.01. The Labute approximate surface area is 158 Å². The van der Waals surface area contributed by atoms with Gasteiger partial charge in [0, 0.05) is 6.42 Å². The fourth-order valence-electron chi connectivity index (χ4n) is 1.93. The third-order valence-electron chi connectivity index (χ3n) is 3.33. The average molecular weight is 435 g/mol. The Morgan fingerprint density at radius 3 is 1.93 bits per heavy atom. The highest BCUT2D eigenvalue weighted by atomic mass is 19.4. The molecule has 0 fully saturated rings. The van der Waals surface area contributed by atoms with Crippen molar-refractivity contribution in [1.29, 1.82) is 0 Å². The van der Waals surface area contributed by atoms with Gasteiger partial charge in [-0.05, 0) is 12.0 Å². The van der Waals surface area contributed by atoms with Crippen LogP contribution in [0.1, 0.15) is 12.0 Å². The number of amides is 2. The Morgan fingerprint density at radius 1 is 0.897 bits per heavy atom. The van der Waals surface area contributed by atoms with E-state index in [0.29, 0.717) is 5.56 Å². The Bertz CT molecular complexity index is 731. The van der Waals surface area contributed by atoms with Crippen LogP contribution in [0.4, 0.5) is 35.1 Å². The number of aryl methyl sites for hydroxylation is 1. The van der Waals surface area contributed by atoms with Crippen molar-refractivity contribution in [3.63, 3.8) is 0 Å². The summed E-state index contributed by atoms with van der Waals surface area (Å²) in [6.07, 6.45) is -12.4. The van der Waals surface area contributed by atoms with Crippen LogP contribution < -0.4 is 0 Å². The van der Waals surface area contributed by atoms with Crippen molar-refractivity contribution in [2.45, 2.75) is 31.1 Å². The second kappa shape index (κ2) is 9.18. The quantitative estimate of drug-likeness (QED) is 0.487. The maximum atomic E-state index is 13.3. The molecule has 1 rings (SSSR count). The van der Waals surface area contributed by atoms with Crippen LogP contribution in [0.3, 0.4) is 0 Å². The van der Waals surface area contributed by atoms with E-state index in [1.807, 2.05) is 0 Å². The van der Waals surface area contributed by atoms with E-state index in [1.165, 1.54) is 24.3 Å². The predicted octanol–water partition coefficient (Wildman–Crippen LogP) is 3.28. The third kappa shape index (κ3) is 7.31. The van der Waals surface area contributed by atoms with Crippen molar-refractivity contribution in [3.8, 4) is 0 Å². The normalized spacial score (nSPS) is 12.4. The zero-order valence-corrected chi connectivity index (χ0v) is 14.3. The number of benzene rings is 1. The Morgan fingerprint density at radius 2 is 1.45 bits per heavy atom. The molecule has 0 saturated carbocycles. The number of hydrogen-bond acceptors (Lipinski definition) is 4. The summed E-state index contributed by atoms with van der Waals surface area (Å²) in [6, 6.07) is 7.65. The monoisotopic (exact) mass is 435 g/mol. The average Bonchev–Trinajstić information content (AvgIpc) is 2.61. The van der Waals surface area contributed by atoms with Gasteiger partial charge in [0.25, 0.3) is 0 Å². The first-order chi connectivity index (χ1) is 13.1. The standard InChI is InChI=1S/C16H13F8NO4/c17-14(18,19)9-29-12(27)8-25(13(28)15(20,21)16(22,23)24)11(26)7-6-10-4-2-1-3-5-10/h1-5H,6-9H2. The van der Waals surface area contributed by atoms with Gasteiger partial charge in [0.2, 0.25) is 5.91 Å². The van der Waals surface area contributed by atoms with Crippen LogP contribution >= 0.6 is 0 Å². The SMILES string of the molecule is O=C(CN(C(=O)CCc1ccccc1)C(=O)C(F)(F)C(F)(F)F)OCC(F)(F)F. The number of imide groups is 1. The van der Waals surface area contributed by atoms with Crippen molar-refractivity contribution >= 4 is 17.8 Å². The lowest BCUT2D eigenvalue weighted by Crippen LogP contribution is -2.55. The molecule has 1 aromatic rings. The van der Waals surface area contributed by atoms with E-state index in [9.17, 15) is 49.5 Å². The second-order valence-electron chi connectivity index (χ2n) is 5.62. The smallest absolute Gasteiger partial charge is 0.455 e. The van der Waals surface area contributed by atoms with E-state index < -0.39 is 60.5 Å². The Balaban J connectivity index is 2.99. The van der Waals surface area contributed by atoms with Gasteiger partial charge in [0.1, 0.15) is 6.54 Å². The molecule has 0 aliphatic rings. The first kappa shape index (κ1) is 24.3. The van der Waals surface area contributed by atoms with Gasteiger partial charge in [-0.2, -0.15) is 35.1 Å². The fourth-order valence-corrected chi connectivity index (χ4v) is 1.93. The molecule has 0 N–H and O–H groups in total. The molecule has 5 nitrogen and oxygen atoms in total. The number of nitrogens with zero attached hydrogens (tertiary/aromatic N) is 1. The zero-order chi connectivity index (χ0) is 22.5. The maximum Gasteiger partial charge on any atom is 0.463 e. The summed E-state index contributed by atoms with van der Waals surface area (Å²) < 4.78 is 104. The summed E-state index contributed by atoms with van der Waals surface area (Å²) in [6.45, 7) is -4.02. The molecule has 0 bridgehead atoms. The van der Waals surface area contributed by atoms with Crippen LogP contribution in [-0.4, -0.2) is 54.1 Å². The third-order valence-corrected chi connectivity index (χ3v) is 3.33. The van der Waals surface area contributed by atoms with Gasteiger partial charge in [-0.25, -0.2) is 0 Å². The summed E-state index contributed by atoms with van der Waals surface area (Å²) in [5.41, 5.74) is 0.454. The molecule has 0 unspecified atom stereocenters. The molecule has 0 heterocycles. The number of halogens is 8. The largest absolute Gasteiger partial charge is 0.463 e. The van der Waals surface area contributed by atoms with Gasteiger partial charge in [0.15, 0.2) is 6.61 Å². The van der Waals surface area contributed by atoms with Crippen LogP contribution in [0.25, 0.3) is 0 Å². The van der Waals surface area contributed by atoms with Gasteiger partial charge in [-0.1, -0.05) is 30.3 Å². The van der Waals surface area contributed by atoms with Crippen LogP contribution in [-0.2, 0) is 25.5 Å². The first-order valence-electron chi connectivity index (χ1n) is 7.71. The number of carbonyl (C=O) groups is 3. The van der Waals surface area contributed by atoms with E-state index in [4.69, 9.17) is 0 Å². The van der Waals surface area contributed by atoms with Crippen molar-refractivity contribution in [3.05, 3.63) is 35.9 Å². The molecule has 13 heteroatoms. The van der Waals surface area contributed by atoms with Gasteiger partial charge in [-0.3, -0.25) is 19.3 Å². The summed E-state index contributed by atoms with van der Waals surface area (Å²) in [7, 11) is 0. The summed E-state index contributed by atoms with van der Waals surface area (Å²) >= 11 is 0. The molecule has 2 amide bonds.